The summed E-state index contributed by atoms with van der Waals surface area (Å²) >= 11 is 0. The molecule has 0 rings (SSSR count). The summed E-state index contributed by atoms with van der Waals surface area (Å²) < 4.78 is 0. The fourth-order valence-electron chi connectivity index (χ4n) is 0.972. The van der Waals surface area contributed by atoms with Crippen molar-refractivity contribution in [1.82, 2.24) is 0 Å². The van der Waals surface area contributed by atoms with E-state index in [1.807, 2.05) is 0 Å². The zero-order valence-electron chi connectivity index (χ0n) is 11.4. The Morgan fingerprint density at radius 1 is 0.882 bits per heavy atom. The van der Waals surface area contributed by atoms with Gasteiger partial charge in [0.15, 0.2) is 0 Å². The average molecular weight is 329 g/mol. The van der Waals surface area contributed by atoms with E-state index < -0.39 is 0 Å². The smallest absolute Gasteiger partial charge is 0.545 e. The van der Waals surface area contributed by atoms with Crippen molar-refractivity contribution in [2.45, 2.75) is 53.9 Å². The molecule has 3 nitrogen and oxygen atoms in total. The standard InChI is InChI=1S/C10H21.3CHO.Ru/c1-9(2)7-6-8-10(3,4)5;3*1-2;/h6-8H2,1-5H3;3*1H;/q4*-1;+4. The molecule has 0 atom stereocenters. The Bertz CT molecular complexity index is 118. The van der Waals surface area contributed by atoms with Crippen LogP contribution in [0.1, 0.15) is 53.9 Å². The van der Waals surface area contributed by atoms with Gasteiger partial charge in [0.05, 0.1) is 0 Å². The molecule has 0 aromatic rings. The first-order chi connectivity index (χ1) is 7.42. The SMILES string of the molecule is C[C-](C)CCCC(C)(C)C.[CH-]=O.[CH-]=O.[CH-]=O.[Ru+4]. The van der Waals surface area contributed by atoms with Crippen LogP contribution in [0.15, 0.2) is 0 Å². The second-order valence-electron chi connectivity index (χ2n) is 4.62. The van der Waals surface area contributed by atoms with Crippen molar-refractivity contribution in [2.75, 3.05) is 0 Å². The van der Waals surface area contributed by atoms with Crippen LogP contribution in [0.3, 0.4) is 0 Å². The van der Waals surface area contributed by atoms with Crippen molar-refractivity contribution in [3.05, 3.63) is 5.92 Å². The molecule has 0 saturated heterocycles. The molecular formula is C13H24O3Ru. The van der Waals surface area contributed by atoms with E-state index in [4.69, 9.17) is 14.4 Å². The van der Waals surface area contributed by atoms with Gasteiger partial charge >= 0.3 is 19.5 Å². The quantitative estimate of drug-likeness (QED) is 0.454. The molecule has 102 valence electrons. The van der Waals surface area contributed by atoms with Gasteiger partial charge in [0.1, 0.15) is 0 Å². The van der Waals surface area contributed by atoms with Gasteiger partial charge in [-0.15, -0.1) is 0 Å². The number of hydrogen-bond donors (Lipinski definition) is 0. The molecule has 0 aliphatic carbocycles. The van der Waals surface area contributed by atoms with Crippen LogP contribution in [0.4, 0.5) is 0 Å². The topological polar surface area (TPSA) is 51.2 Å². The summed E-state index contributed by atoms with van der Waals surface area (Å²) in [6, 6.07) is 0. The molecular weight excluding hydrogens is 305 g/mol. The minimum absolute atomic E-state index is 0. The van der Waals surface area contributed by atoms with Crippen molar-refractivity contribution in [3.8, 4) is 0 Å². The van der Waals surface area contributed by atoms with Crippen molar-refractivity contribution >= 4 is 20.4 Å². The van der Waals surface area contributed by atoms with Crippen molar-refractivity contribution in [2.24, 2.45) is 5.41 Å². The van der Waals surface area contributed by atoms with Crippen LogP contribution in [0.25, 0.3) is 0 Å². The van der Waals surface area contributed by atoms with Gasteiger partial charge in [-0.1, -0.05) is 33.6 Å². The normalized spacial score (nSPS) is 8.12. The second-order valence-corrected chi connectivity index (χ2v) is 4.62. The van der Waals surface area contributed by atoms with E-state index in [2.05, 4.69) is 55.0 Å². The molecule has 17 heavy (non-hydrogen) atoms. The maximum Gasteiger partial charge on any atom is 4.00 e. The number of rotatable bonds is 3. The van der Waals surface area contributed by atoms with Gasteiger partial charge < -0.3 is 20.3 Å². The van der Waals surface area contributed by atoms with E-state index in [9.17, 15) is 0 Å². The Hall–Kier alpha value is -0.367. The summed E-state index contributed by atoms with van der Waals surface area (Å²) in [7, 11) is 0. The van der Waals surface area contributed by atoms with Crippen molar-refractivity contribution in [3.63, 3.8) is 0 Å². The Labute approximate surface area is 120 Å². The van der Waals surface area contributed by atoms with E-state index in [1.165, 1.54) is 19.3 Å². The largest absolute Gasteiger partial charge is 4.00 e. The van der Waals surface area contributed by atoms with Gasteiger partial charge in [0.2, 0.25) is 0 Å². The molecule has 0 aromatic heterocycles. The van der Waals surface area contributed by atoms with Gasteiger partial charge in [-0.25, -0.2) is 0 Å². The molecule has 0 heterocycles. The van der Waals surface area contributed by atoms with Crippen LogP contribution in [0.5, 0.6) is 0 Å². The fraction of sp³-hybridized carbons (Fsp3) is 0.692. The maximum absolute atomic E-state index is 7.75. The van der Waals surface area contributed by atoms with Gasteiger partial charge in [-0.2, -0.15) is 20.3 Å². The van der Waals surface area contributed by atoms with Gasteiger partial charge in [0.25, 0.3) is 0 Å². The minimum Gasteiger partial charge on any atom is -0.545 e. The van der Waals surface area contributed by atoms with Crippen LogP contribution in [-0.2, 0) is 33.9 Å². The molecule has 0 aliphatic rings. The summed E-state index contributed by atoms with van der Waals surface area (Å²) in [5, 5.41) is 0. The zero-order chi connectivity index (χ0) is 14.2. The van der Waals surface area contributed by atoms with Crippen LogP contribution >= 0.6 is 0 Å². The Morgan fingerprint density at radius 3 is 1.35 bits per heavy atom. The van der Waals surface area contributed by atoms with E-state index in [-0.39, 0.29) is 19.5 Å². The predicted octanol–water partition coefficient (Wildman–Crippen LogP) is 2.99. The monoisotopic (exact) mass is 330 g/mol. The zero-order valence-corrected chi connectivity index (χ0v) is 13.2. The Kier molecular flexibility index (Phi) is 43.7. The minimum atomic E-state index is 0. The molecule has 0 saturated carbocycles. The molecule has 0 radical (unpaired) electrons. The van der Waals surface area contributed by atoms with Gasteiger partial charge in [-0.05, 0) is 5.41 Å². The van der Waals surface area contributed by atoms with Crippen LogP contribution in [0, 0.1) is 11.3 Å². The molecule has 0 unspecified atom stereocenters. The molecule has 0 fully saturated rings. The first-order valence-electron chi connectivity index (χ1n) is 4.91. The third-order valence-corrected chi connectivity index (χ3v) is 1.60. The predicted molar refractivity (Wildman–Crippen MR) is 68.1 cm³/mol. The summed E-state index contributed by atoms with van der Waals surface area (Å²) in [4.78, 5) is 23.2. The molecule has 0 N–H and O–H groups in total. The first-order valence-corrected chi connectivity index (χ1v) is 4.91. The maximum atomic E-state index is 7.75. The third-order valence-electron chi connectivity index (χ3n) is 1.60. The van der Waals surface area contributed by atoms with Crippen molar-refractivity contribution < 1.29 is 33.9 Å². The first kappa shape index (κ1) is 30.0. The van der Waals surface area contributed by atoms with Crippen LogP contribution < -0.4 is 0 Å². The molecule has 0 amide bonds. The summed E-state index contributed by atoms with van der Waals surface area (Å²) in [5.74, 6) is 1.56. The molecule has 0 bridgehead atoms. The van der Waals surface area contributed by atoms with Gasteiger partial charge in [0, 0.05) is 0 Å². The van der Waals surface area contributed by atoms with E-state index >= 15 is 0 Å². The van der Waals surface area contributed by atoms with E-state index in [0.717, 1.165) is 0 Å². The Balaban J connectivity index is -0.0000000594. The van der Waals surface area contributed by atoms with Crippen LogP contribution in [-0.4, -0.2) is 20.4 Å². The summed E-state index contributed by atoms with van der Waals surface area (Å²) in [5.41, 5.74) is 0.523. The second kappa shape index (κ2) is 24.7. The van der Waals surface area contributed by atoms with Crippen LogP contribution in [0.2, 0.25) is 0 Å². The molecule has 0 spiro atoms. The average Bonchev–Trinajstić information content (AvgIpc) is 2.24. The third kappa shape index (κ3) is 66.0. The summed E-state index contributed by atoms with van der Waals surface area (Å²) in [6.45, 7) is 21.1. The van der Waals surface area contributed by atoms with E-state index in [1.54, 1.807) is 5.92 Å². The number of hydrogen-bond acceptors (Lipinski definition) is 3. The molecule has 4 heteroatoms. The summed E-state index contributed by atoms with van der Waals surface area (Å²) in [6.07, 6.45) is 4.00. The van der Waals surface area contributed by atoms with E-state index in [0.29, 0.717) is 5.41 Å². The van der Waals surface area contributed by atoms with Crippen molar-refractivity contribution in [1.29, 1.82) is 0 Å². The molecule has 0 aliphatic heterocycles. The fourth-order valence-corrected chi connectivity index (χ4v) is 0.972. The molecule has 0 aromatic carbocycles. The Morgan fingerprint density at radius 2 is 1.18 bits per heavy atom. The van der Waals surface area contributed by atoms with Gasteiger partial charge in [-0.3, -0.25) is 20.4 Å². The number of carbonyl (C=O) groups excluding carboxylic acids is 3.